The van der Waals surface area contributed by atoms with E-state index in [2.05, 4.69) is 15.7 Å². The highest BCUT2D eigenvalue weighted by Crippen LogP contribution is 2.38. The lowest BCUT2D eigenvalue weighted by Gasteiger charge is -2.12. The zero-order valence-corrected chi connectivity index (χ0v) is 17.0. The van der Waals surface area contributed by atoms with Crippen molar-refractivity contribution in [3.05, 3.63) is 64.8 Å². The third-order valence-corrected chi connectivity index (χ3v) is 5.55. The molecule has 2 aromatic carbocycles. The number of amides is 2. The molecule has 7 heteroatoms. The topological polar surface area (TPSA) is 76.0 Å². The van der Waals surface area contributed by atoms with Crippen molar-refractivity contribution >= 4 is 34.9 Å². The van der Waals surface area contributed by atoms with Crippen molar-refractivity contribution in [1.82, 2.24) is 9.78 Å². The molecule has 2 heterocycles. The van der Waals surface area contributed by atoms with E-state index in [1.807, 2.05) is 44.2 Å². The first-order valence-electron chi connectivity index (χ1n) is 9.52. The molecule has 2 amide bonds. The summed E-state index contributed by atoms with van der Waals surface area (Å²) in [5.41, 5.74) is 4.22. The number of anilines is 2. The molecule has 0 spiro atoms. The Labute approximate surface area is 173 Å². The van der Waals surface area contributed by atoms with Crippen molar-refractivity contribution in [2.45, 2.75) is 32.7 Å². The van der Waals surface area contributed by atoms with Gasteiger partial charge in [0, 0.05) is 16.3 Å². The number of nitrogens with one attached hydrogen (secondary N) is 2. The van der Waals surface area contributed by atoms with E-state index in [-0.39, 0.29) is 18.2 Å². The Morgan fingerprint density at radius 1 is 1.21 bits per heavy atom. The molecule has 148 valence electrons. The van der Waals surface area contributed by atoms with Gasteiger partial charge >= 0.3 is 0 Å². The summed E-state index contributed by atoms with van der Waals surface area (Å²) in [6.07, 6.45) is 0.713. The number of hydrogen-bond acceptors (Lipinski definition) is 3. The van der Waals surface area contributed by atoms with Crippen LogP contribution < -0.4 is 10.6 Å². The fourth-order valence-corrected chi connectivity index (χ4v) is 3.77. The predicted molar refractivity (Wildman–Crippen MR) is 114 cm³/mol. The van der Waals surface area contributed by atoms with Crippen LogP contribution in [0.15, 0.2) is 48.5 Å². The third kappa shape index (κ3) is 3.51. The van der Waals surface area contributed by atoms with Crippen LogP contribution in [-0.4, -0.2) is 21.6 Å². The Kier molecular flexibility index (Phi) is 5.11. The first-order valence-corrected chi connectivity index (χ1v) is 9.90. The highest BCUT2D eigenvalue weighted by Gasteiger charge is 2.36. The number of carbonyl (C=O) groups excluding carboxylic acids is 2. The second kappa shape index (κ2) is 7.72. The van der Waals surface area contributed by atoms with Gasteiger partial charge in [-0.2, -0.15) is 5.10 Å². The minimum atomic E-state index is -0.688. The van der Waals surface area contributed by atoms with Crippen LogP contribution >= 0.6 is 11.6 Å². The van der Waals surface area contributed by atoms with Crippen LogP contribution in [0.3, 0.4) is 0 Å². The van der Waals surface area contributed by atoms with Gasteiger partial charge in [-0.25, -0.2) is 4.68 Å². The van der Waals surface area contributed by atoms with Crippen LogP contribution in [0.4, 0.5) is 11.5 Å². The quantitative estimate of drug-likeness (QED) is 0.648. The number of halogens is 1. The maximum Gasteiger partial charge on any atom is 0.251 e. The van der Waals surface area contributed by atoms with Crippen molar-refractivity contribution in [1.29, 1.82) is 0 Å². The minimum Gasteiger partial charge on any atom is -0.326 e. The normalized spacial score (nSPS) is 15.1. The maximum atomic E-state index is 12.6. The summed E-state index contributed by atoms with van der Waals surface area (Å²) in [6, 6.07) is 14.5. The Morgan fingerprint density at radius 2 is 1.97 bits per heavy atom. The predicted octanol–water partition coefficient (Wildman–Crippen LogP) is 4.60. The lowest BCUT2D eigenvalue weighted by Crippen LogP contribution is -2.24. The van der Waals surface area contributed by atoms with E-state index >= 15 is 0 Å². The summed E-state index contributed by atoms with van der Waals surface area (Å²) in [4.78, 5) is 25.3. The Hall–Kier alpha value is -3.12. The zero-order valence-electron chi connectivity index (χ0n) is 16.2. The molecular formula is C22H21ClN4O2. The molecule has 4 rings (SSSR count). The molecule has 0 radical (unpaired) electrons. The summed E-state index contributed by atoms with van der Waals surface area (Å²) in [6.45, 7) is 3.86. The molecule has 1 aliphatic heterocycles. The fraction of sp³-hybridized carbons (Fsp3) is 0.227. The number of nitrogens with zero attached hydrogens (tertiary/aromatic N) is 2. The fourth-order valence-electron chi connectivity index (χ4n) is 3.59. The number of hydrogen-bond donors (Lipinski definition) is 2. The first-order chi connectivity index (χ1) is 14.0. The maximum absolute atomic E-state index is 12.6. The van der Waals surface area contributed by atoms with Crippen molar-refractivity contribution in [3.8, 4) is 11.1 Å². The summed E-state index contributed by atoms with van der Waals surface area (Å²) < 4.78 is 1.65. The molecule has 0 saturated carbocycles. The smallest absolute Gasteiger partial charge is 0.251 e. The third-order valence-electron chi connectivity index (χ3n) is 5.14. The van der Waals surface area contributed by atoms with Crippen molar-refractivity contribution in [2.24, 2.45) is 0 Å². The summed E-state index contributed by atoms with van der Waals surface area (Å²) in [7, 11) is 0. The van der Waals surface area contributed by atoms with Gasteiger partial charge < -0.3 is 10.6 Å². The minimum absolute atomic E-state index is 0.0101. The number of carbonyl (C=O) groups is 2. The molecular weight excluding hydrogens is 388 g/mol. The monoisotopic (exact) mass is 408 g/mol. The molecule has 1 aromatic heterocycles. The average Bonchev–Trinajstić information content (AvgIpc) is 3.21. The first kappa shape index (κ1) is 19.2. The van der Waals surface area contributed by atoms with Crippen LogP contribution in [0.1, 0.15) is 30.6 Å². The highest BCUT2D eigenvalue weighted by molar-refractivity contribution is 6.31. The van der Waals surface area contributed by atoms with Gasteiger partial charge in [-0.1, -0.05) is 54.9 Å². The molecule has 1 atom stereocenters. The SMILES string of the molecule is CCc1nn2c(c1-c1ccccc1)NC(=O)C2CC(=O)Nc1cccc(Cl)c1C. The summed E-state index contributed by atoms with van der Waals surface area (Å²) in [5, 5.41) is 11.0. The number of aryl methyl sites for hydroxylation is 1. The molecule has 3 aromatic rings. The molecule has 0 fully saturated rings. The number of benzene rings is 2. The Bertz CT molecular complexity index is 1090. The van der Waals surface area contributed by atoms with Gasteiger partial charge in [0.2, 0.25) is 5.91 Å². The van der Waals surface area contributed by atoms with Crippen LogP contribution in [0.25, 0.3) is 11.1 Å². The van der Waals surface area contributed by atoms with E-state index < -0.39 is 6.04 Å². The molecule has 1 aliphatic rings. The number of fused-ring (bicyclic) bond motifs is 1. The van der Waals surface area contributed by atoms with E-state index in [9.17, 15) is 9.59 Å². The van der Waals surface area contributed by atoms with Crippen LogP contribution in [0.5, 0.6) is 0 Å². The summed E-state index contributed by atoms with van der Waals surface area (Å²) >= 11 is 6.12. The molecule has 29 heavy (non-hydrogen) atoms. The second-order valence-electron chi connectivity index (χ2n) is 7.00. The van der Waals surface area contributed by atoms with Gasteiger partial charge in [0.25, 0.3) is 5.91 Å². The lowest BCUT2D eigenvalue weighted by molar-refractivity contribution is -0.123. The van der Waals surface area contributed by atoms with Crippen molar-refractivity contribution in [2.75, 3.05) is 10.6 Å². The average molecular weight is 409 g/mol. The van der Waals surface area contributed by atoms with Crippen molar-refractivity contribution in [3.63, 3.8) is 0 Å². The van der Waals surface area contributed by atoms with Crippen molar-refractivity contribution < 1.29 is 9.59 Å². The molecule has 0 aliphatic carbocycles. The van der Waals surface area contributed by atoms with Crippen LogP contribution in [0.2, 0.25) is 5.02 Å². The van der Waals surface area contributed by atoms with E-state index in [4.69, 9.17) is 11.6 Å². The lowest BCUT2D eigenvalue weighted by atomic mass is 10.0. The Balaban J connectivity index is 1.61. The van der Waals surface area contributed by atoms with E-state index in [1.165, 1.54) is 0 Å². The van der Waals surface area contributed by atoms with E-state index in [0.29, 0.717) is 16.5 Å². The van der Waals surface area contributed by atoms with E-state index in [1.54, 1.807) is 22.9 Å². The molecule has 2 N–H and O–H groups in total. The van der Waals surface area contributed by atoms with Gasteiger partial charge in [0.15, 0.2) is 0 Å². The standard InChI is InChI=1S/C22H21ClN4O2/c1-3-16-20(14-8-5-4-6-9-14)21-25-22(29)18(27(21)26-16)12-19(28)24-17-11-7-10-15(23)13(17)2/h4-11,18H,3,12H2,1-2H3,(H,24,28)(H,25,29). The summed E-state index contributed by atoms with van der Waals surface area (Å²) in [5.74, 6) is 0.151. The number of aromatic nitrogens is 2. The molecule has 6 nitrogen and oxygen atoms in total. The van der Waals surface area contributed by atoms with Gasteiger partial charge in [-0.15, -0.1) is 0 Å². The van der Waals surface area contributed by atoms with Gasteiger partial charge in [0.05, 0.1) is 12.1 Å². The molecule has 1 unspecified atom stereocenters. The highest BCUT2D eigenvalue weighted by atomic mass is 35.5. The zero-order chi connectivity index (χ0) is 20.5. The Morgan fingerprint density at radius 3 is 2.69 bits per heavy atom. The van der Waals surface area contributed by atoms with Gasteiger partial charge in [-0.3, -0.25) is 9.59 Å². The molecule has 0 bridgehead atoms. The second-order valence-corrected chi connectivity index (χ2v) is 7.41. The van der Waals surface area contributed by atoms with Crippen LogP contribution in [-0.2, 0) is 16.0 Å². The largest absolute Gasteiger partial charge is 0.326 e. The van der Waals surface area contributed by atoms with Crippen LogP contribution in [0, 0.1) is 6.92 Å². The van der Waals surface area contributed by atoms with Gasteiger partial charge in [-0.05, 0) is 36.6 Å². The van der Waals surface area contributed by atoms with Gasteiger partial charge in [0.1, 0.15) is 11.9 Å². The number of rotatable bonds is 5. The van der Waals surface area contributed by atoms with E-state index in [0.717, 1.165) is 28.8 Å². The molecule has 0 saturated heterocycles.